The van der Waals surface area contributed by atoms with Gasteiger partial charge in [0, 0.05) is 11.6 Å². The van der Waals surface area contributed by atoms with Crippen molar-refractivity contribution < 1.29 is 9.53 Å². The highest BCUT2D eigenvalue weighted by Crippen LogP contribution is 2.27. The molecule has 23 heavy (non-hydrogen) atoms. The summed E-state index contributed by atoms with van der Waals surface area (Å²) in [6.45, 7) is 2.95. The Morgan fingerprint density at radius 1 is 1.26 bits per heavy atom. The highest BCUT2D eigenvalue weighted by Gasteiger charge is 2.12. The van der Waals surface area contributed by atoms with E-state index in [4.69, 9.17) is 16.3 Å². The Bertz CT molecular complexity index is 662. The summed E-state index contributed by atoms with van der Waals surface area (Å²) in [6, 6.07) is 8.34. The molecule has 0 atom stereocenters. The van der Waals surface area contributed by atoms with Crippen molar-refractivity contribution in [1.82, 2.24) is 10.2 Å². The molecule has 1 aromatic heterocycles. The summed E-state index contributed by atoms with van der Waals surface area (Å²) in [6.07, 6.45) is 2.15. The van der Waals surface area contributed by atoms with E-state index >= 15 is 0 Å². The van der Waals surface area contributed by atoms with Crippen LogP contribution in [-0.2, 0) is 0 Å². The molecule has 0 aliphatic rings. The zero-order valence-corrected chi connectivity index (χ0v) is 13.9. The molecule has 1 heterocycles. The molecule has 1 amide bonds. The first-order valence-electron chi connectivity index (χ1n) is 7.36. The van der Waals surface area contributed by atoms with Crippen molar-refractivity contribution in [2.24, 2.45) is 0 Å². The molecule has 7 heteroatoms. The Labute approximate surface area is 140 Å². The van der Waals surface area contributed by atoms with Crippen molar-refractivity contribution in [1.29, 1.82) is 0 Å². The number of benzene rings is 1. The van der Waals surface area contributed by atoms with Gasteiger partial charge in [-0.25, -0.2) is 0 Å². The number of carbonyl (C=O) groups excluding carboxylic acids is 1. The zero-order valence-electron chi connectivity index (χ0n) is 13.1. The van der Waals surface area contributed by atoms with Crippen LogP contribution in [0.5, 0.6) is 5.75 Å². The summed E-state index contributed by atoms with van der Waals surface area (Å²) < 4.78 is 5.19. The quantitative estimate of drug-likeness (QED) is 0.756. The Balaban J connectivity index is 2.05. The summed E-state index contributed by atoms with van der Waals surface area (Å²) in [5, 5.41) is 14.3. The van der Waals surface area contributed by atoms with E-state index in [1.165, 1.54) is 7.11 Å². The van der Waals surface area contributed by atoms with E-state index in [1.807, 2.05) is 0 Å². The molecule has 0 radical (unpaired) electrons. The number of nitrogens with one attached hydrogen (secondary N) is 2. The minimum absolute atomic E-state index is 0.216. The Morgan fingerprint density at radius 3 is 2.74 bits per heavy atom. The van der Waals surface area contributed by atoms with Crippen LogP contribution in [0, 0.1) is 0 Å². The number of carbonyl (C=O) groups is 1. The Morgan fingerprint density at radius 2 is 2.09 bits per heavy atom. The molecule has 0 fully saturated rings. The molecule has 0 unspecified atom stereocenters. The van der Waals surface area contributed by atoms with E-state index in [9.17, 15) is 4.79 Å². The fourth-order valence-electron chi connectivity index (χ4n) is 1.91. The lowest BCUT2D eigenvalue weighted by molar-refractivity contribution is 0.102. The topological polar surface area (TPSA) is 76.1 Å². The molecule has 6 nitrogen and oxygen atoms in total. The third kappa shape index (κ3) is 4.82. The van der Waals surface area contributed by atoms with Gasteiger partial charge in [-0.1, -0.05) is 24.9 Å². The van der Waals surface area contributed by atoms with Crippen LogP contribution >= 0.6 is 11.6 Å². The first kappa shape index (κ1) is 17.0. The second-order valence-electron chi connectivity index (χ2n) is 4.88. The van der Waals surface area contributed by atoms with Gasteiger partial charge in [0.15, 0.2) is 5.69 Å². The van der Waals surface area contributed by atoms with Gasteiger partial charge in [0.2, 0.25) is 0 Å². The summed E-state index contributed by atoms with van der Waals surface area (Å²) in [7, 11) is 1.52. The van der Waals surface area contributed by atoms with E-state index in [2.05, 4.69) is 27.8 Å². The smallest absolute Gasteiger partial charge is 0.276 e. The molecule has 0 aliphatic heterocycles. The zero-order chi connectivity index (χ0) is 16.7. The van der Waals surface area contributed by atoms with Crippen LogP contribution in [0.15, 0.2) is 30.3 Å². The van der Waals surface area contributed by atoms with Gasteiger partial charge in [0.05, 0.1) is 12.8 Å². The van der Waals surface area contributed by atoms with E-state index in [-0.39, 0.29) is 11.6 Å². The average Bonchev–Trinajstić information content (AvgIpc) is 2.56. The summed E-state index contributed by atoms with van der Waals surface area (Å²) in [5.41, 5.74) is 0.699. The van der Waals surface area contributed by atoms with Gasteiger partial charge in [-0.15, -0.1) is 10.2 Å². The van der Waals surface area contributed by atoms with Gasteiger partial charge in [0.1, 0.15) is 11.6 Å². The molecule has 1 aromatic carbocycles. The van der Waals surface area contributed by atoms with Crippen molar-refractivity contribution in [3.8, 4) is 5.75 Å². The molecule has 2 N–H and O–H groups in total. The van der Waals surface area contributed by atoms with E-state index in [1.54, 1.807) is 30.3 Å². The number of hydrogen-bond acceptors (Lipinski definition) is 5. The molecule has 0 saturated heterocycles. The number of aromatic nitrogens is 2. The lowest BCUT2D eigenvalue weighted by atomic mass is 10.2. The van der Waals surface area contributed by atoms with Crippen LogP contribution in [0.25, 0.3) is 0 Å². The molecule has 122 valence electrons. The van der Waals surface area contributed by atoms with E-state index < -0.39 is 0 Å². The number of rotatable bonds is 7. The standard InChI is InChI=1S/C16H19ClN4O2/c1-3-4-9-18-15-8-6-12(20-21-15)16(22)19-13-10-11(17)5-7-14(13)23-2/h5-8,10H,3-4,9H2,1-2H3,(H,18,21)(H,19,22). The van der Waals surface area contributed by atoms with Gasteiger partial charge in [-0.2, -0.15) is 0 Å². The fourth-order valence-corrected chi connectivity index (χ4v) is 2.08. The number of anilines is 2. The van der Waals surface area contributed by atoms with Gasteiger partial charge >= 0.3 is 0 Å². The van der Waals surface area contributed by atoms with Crippen LogP contribution in [0.4, 0.5) is 11.5 Å². The van der Waals surface area contributed by atoms with Gasteiger partial charge in [-0.05, 0) is 36.8 Å². The molecular formula is C16H19ClN4O2. The Hall–Kier alpha value is -2.34. The highest BCUT2D eigenvalue weighted by molar-refractivity contribution is 6.31. The summed E-state index contributed by atoms with van der Waals surface area (Å²) in [5.74, 6) is 0.794. The number of ether oxygens (including phenoxy) is 1. The van der Waals surface area contributed by atoms with Crippen molar-refractivity contribution in [2.75, 3.05) is 24.3 Å². The van der Waals surface area contributed by atoms with Crippen LogP contribution in [0.1, 0.15) is 30.3 Å². The predicted octanol–water partition coefficient (Wildman–Crippen LogP) is 3.60. The second kappa shape index (κ2) is 8.33. The third-order valence-corrected chi connectivity index (χ3v) is 3.38. The molecular weight excluding hydrogens is 316 g/mol. The second-order valence-corrected chi connectivity index (χ2v) is 5.32. The van der Waals surface area contributed by atoms with Crippen LogP contribution in [0.3, 0.4) is 0 Å². The molecule has 0 saturated carbocycles. The van der Waals surface area contributed by atoms with Gasteiger partial charge in [0.25, 0.3) is 5.91 Å². The van der Waals surface area contributed by atoms with Gasteiger partial charge in [-0.3, -0.25) is 4.79 Å². The van der Waals surface area contributed by atoms with Crippen LogP contribution in [0.2, 0.25) is 5.02 Å². The van der Waals surface area contributed by atoms with Crippen molar-refractivity contribution in [3.63, 3.8) is 0 Å². The first-order chi connectivity index (χ1) is 11.1. The molecule has 2 rings (SSSR count). The number of methoxy groups -OCH3 is 1. The number of hydrogen-bond donors (Lipinski definition) is 2. The SMILES string of the molecule is CCCCNc1ccc(C(=O)Nc2cc(Cl)ccc2OC)nn1. The fraction of sp³-hybridized carbons (Fsp3) is 0.312. The summed E-state index contributed by atoms with van der Waals surface area (Å²) in [4.78, 5) is 12.2. The molecule has 0 bridgehead atoms. The third-order valence-electron chi connectivity index (χ3n) is 3.14. The largest absolute Gasteiger partial charge is 0.495 e. The minimum Gasteiger partial charge on any atom is -0.495 e. The minimum atomic E-state index is -0.377. The molecule has 0 spiro atoms. The normalized spacial score (nSPS) is 10.2. The Kier molecular flexibility index (Phi) is 6.17. The van der Waals surface area contributed by atoms with Crippen LogP contribution in [-0.4, -0.2) is 29.8 Å². The first-order valence-corrected chi connectivity index (χ1v) is 7.74. The maximum absolute atomic E-state index is 12.2. The summed E-state index contributed by atoms with van der Waals surface area (Å²) >= 11 is 5.94. The average molecular weight is 335 g/mol. The molecule has 2 aromatic rings. The monoisotopic (exact) mass is 334 g/mol. The predicted molar refractivity (Wildman–Crippen MR) is 91.4 cm³/mol. The van der Waals surface area contributed by atoms with Crippen molar-refractivity contribution in [3.05, 3.63) is 41.0 Å². The van der Waals surface area contributed by atoms with E-state index in [0.29, 0.717) is 22.3 Å². The lowest BCUT2D eigenvalue weighted by Crippen LogP contribution is -2.15. The number of nitrogens with zero attached hydrogens (tertiary/aromatic N) is 2. The van der Waals surface area contributed by atoms with Crippen molar-refractivity contribution >= 4 is 29.0 Å². The van der Waals surface area contributed by atoms with E-state index in [0.717, 1.165) is 19.4 Å². The lowest BCUT2D eigenvalue weighted by Gasteiger charge is -2.10. The number of unbranched alkanes of at least 4 members (excludes halogenated alkanes) is 1. The maximum Gasteiger partial charge on any atom is 0.276 e. The maximum atomic E-state index is 12.2. The molecule has 0 aliphatic carbocycles. The van der Waals surface area contributed by atoms with Gasteiger partial charge < -0.3 is 15.4 Å². The number of halogens is 1. The highest BCUT2D eigenvalue weighted by atomic mass is 35.5. The van der Waals surface area contributed by atoms with Crippen molar-refractivity contribution in [2.45, 2.75) is 19.8 Å². The van der Waals surface area contributed by atoms with Crippen LogP contribution < -0.4 is 15.4 Å². The number of amides is 1.